The van der Waals surface area contributed by atoms with Crippen molar-refractivity contribution in [2.75, 3.05) is 32.8 Å². The highest BCUT2D eigenvalue weighted by molar-refractivity contribution is 6.33. The summed E-state index contributed by atoms with van der Waals surface area (Å²) in [5, 5.41) is 11.6. The zero-order valence-corrected chi connectivity index (χ0v) is 25.0. The van der Waals surface area contributed by atoms with Gasteiger partial charge in [-0.05, 0) is 125 Å². The van der Waals surface area contributed by atoms with Gasteiger partial charge in [-0.1, -0.05) is 91.0 Å². The van der Waals surface area contributed by atoms with Crippen molar-refractivity contribution >= 4 is 60.3 Å². The summed E-state index contributed by atoms with van der Waals surface area (Å²) in [7, 11) is 0. The molecule has 1 heterocycles. The fraction of sp³-hybridized carbons (Fsp3) is 0.238. The van der Waals surface area contributed by atoms with Crippen LogP contribution in [0.15, 0.2) is 91.0 Å². The second kappa shape index (κ2) is 9.63. The molecule has 0 amide bonds. The van der Waals surface area contributed by atoms with Crippen molar-refractivity contribution in [2.24, 2.45) is 0 Å². The summed E-state index contributed by atoms with van der Waals surface area (Å²) in [6.07, 6.45) is 9.69. The molecule has 214 valence electrons. The average molecular weight is 570 g/mol. The van der Waals surface area contributed by atoms with Gasteiger partial charge < -0.3 is 4.74 Å². The number of hydrogen-bond donors (Lipinski definition) is 0. The molecule has 2 heteroatoms. The molecule has 1 atom stereocenters. The molecule has 0 saturated carbocycles. The Hall–Kier alpha value is -4.24. The van der Waals surface area contributed by atoms with Gasteiger partial charge in [0.05, 0.1) is 13.2 Å². The summed E-state index contributed by atoms with van der Waals surface area (Å²) in [5.41, 5.74) is 11.7. The van der Waals surface area contributed by atoms with E-state index in [1.807, 2.05) is 0 Å². The maximum absolute atomic E-state index is 5.61. The maximum atomic E-state index is 5.61. The summed E-state index contributed by atoms with van der Waals surface area (Å²) in [6.45, 7) is 4.86. The molecule has 0 N–H and O–H groups in total. The lowest BCUT2D eigenvalue weighted by Crippen LogP contribution is -2.36. The summed E-state index contributed by atoms with van der Waals surface area (Å²) in [6, 6.07) is 32.4. The van der Waals surface area contributed by atoms with Gasteiger partial charge in [0.15, 0.2) is 0 Å². The van der Waals surface area contributed by atoms with Crippen LogP contribution in [0, 0.1) is 0 Å². The Morgan fingerprint density at radius 2 is 1.41 bits per heavy atom. The lowest BCUT2D eigenvalue weighted by molar-refractivity contribution is 0.0390. The van der Waals surface area contributed by atoms with Gasteiger partial charge in [0.1, 0.15) is 0 Å². The molecule has 6 aromatic carbocycles. The van der Waals surface area contributed by atoms with Crippen LogP contribution in [0.25, 0.3) is 60.3 Å². The van der Waals surface area contributed by atoms with Gasteiger partial charge in [0, 0.05) is 19.6 Å². The topological polar surface area (TPSA) is 12.5 Å². The summed E-state index contributed by atoms with van der Waals surface area (Å²) < 4.78 is 5.61. The van der Waals surface area contributed by atoms with E-state index in [4.69, 9.17) is 4.74 Å². The van der Waals surface area contributed by atoms with Crippen LogP contribution in [-0.4, -0.2) is 37.7 Å². The van der Waals surface area contributed by atoms with Crippen molar-refractivity contribution in [3.63, 3.8) is 0 Å². The normalized spacial score (nSPS) is 20.0. The second-order valence-corrected chi connectivity index (χ2v) is 13.3. The van der Waals surface area contributed by atoms with E-state index in [1.165, 1.54) is 94.9 Å². The van der Waals surface area contributed by atoms with E-state index in [-0.39, 0.29) is 0 Å². The Morgan fingerprint density at radius 3 is 2.30 bits per heavy atom. The van der Waals surface area contributed by atoms with Crippen molar-refractivity contribution in [2.45, 2.75) is 31.6 Å². The molecule has 0 spiro atoms. The van der Waals surface area contributed by atoms with Gasteiger partial charge >= 0.3 is 0 Å². The number of ether oxygens (including phenoxy) is 1. The predicted molar refractivity (Wildman–Crippen MR) is 185 cm³/mol. The van der Waals surface area contributed by atoms with Gasteiger partial charge in [0.2, 0.25) is 0 Å². The fourth-order valence-electron chi connectivity index (χ4n) is 9.09. The molecule has 1 fully saturated rings. The number of allylic oxidation sites excluding steroid dienone is 2. The predicted octanol–water partition coefficient (Wildman–Crippen LogP) is 9.55. The lowest BCUT2D eigenvalue weighted by Gasteiger charge is -2.34. The van der Waals surface area contributed by atoms with E-state index in [0.717, 1.165) is 45.7 Å². The third kappa shape index (κ3) is 3.56. The molecule has 1 aliphatic heterocycles. The third-order valence-corrected chi connectivity index (χ3v) is 11.0. The SMILES string of the molecule is C1=C(CCN2CCOCC2)c2ccccc2/C1=C/c1c2cccc3c2c2c4c5c(cccc5c5ccccc5c14)CC2CC3. The number of morpholine rings is 1. The standard InChI is InChI=1S/C42H35NO/c1-2-10-32-30(23-27(31(32)9-1)17-18-43-19-21-44-22-20-43)25-37-36-14-5-7-26-15-16-29-24-28-8-6-13-34-33-11-3-4-12-35(33)41(37)42(39(28)34)40(29)38(26)36/h1-14,23,25,29H,15-22,24H2/b30-25+. The number of nitrogens with zero attached hydrogens (tertiary/aromatic N) is 1. The molecule has 0 aromatic heterocycles. The molecule has 10 rings (SSSR count). The van der Waals surface area contributed by atoms with Crippen molar-refractivity contribution in [1.29, 1.82) is 0 Å². The van der Waals surface area contributed by atoms with Crippen molar-refractivity contribution < 1.29 is 4.74 Å². The molecule has 0 radical (unpaired) electrons. The van der Waals surface area contributed by atoms with Crippen LogP contribution in [0.3, 0.4) is 0 Å². The van der Waals surface area contributed by atoms with Crippen LogP contribution in [-0.2, 0) is 17.6 Å². The largest absolute Gasteiger partial charge is 0.379 e. The van der Waals surface area contributed by atoms with Crippen LogP contribution in [0.5, 0.6) is 0 Å². The van der Waals surface area contributed by atoms with E-state index in [2.05, 4.69) is 102 Å². The maximum Gasteiger partial charge on any atom is 0.0594 e. The van der Waals surface area contributed by atoms with Gasteiger partial charge in [-0.3, -0.25) is 4.90 Å². The number of aryl methyl sites for hydroxylation is 1. The molecule has 0 bridgehead atoms. The van der Waals surface area contributed by atoms with Crippen molar-refractivity contribution in [3.8, 4) is 0 Å². The van der Waals surface area contributed by atoms with Gasteiger partial charge in [0.25, 0.3) is 0 Å². The zero-order valence-electron chi connectivity index (χ0n) is 25.0. The Morgan fingerprint density at radius 1 is 0.682 bits per heavy atom. The Balaban J connectivity index is 1.29. The molecule has 6 aromatic rings. The van der Waals surface area contributed by atoms with Crippen LogP contribution in [0.2, 0.25) is 0 Å². The number of benzene rings is 6. The second-order valence-electron chi connectivity index (χ2n) is 13.3. The fourth-order valence-corrected chi connectivity index (χ4v) is 9.09. The van der Waals surface area contributed by atoms with Crippen molar-refractivity contribution in [1.82, 2.24) is 4.90 Å². The lowest BCUT2D eigenvalue weighted by atomic mass is 9.69. The number of hydrogen-bond acceptors (Lipinski definition) is 2. The van der Waals surface area contributed by atoms with Gasteiger partial charge in [-0.25, -0.2) is 0 Å². The van der Waals surface area contributed by atoms with Gasteiger partial charge in [-0.15, -0.1) is 0 Å². The monoisotopic (exact) mass is 569 g/mol. The minimum absolute atomic E-state index is 0.592. The molecule has 1 unspecified atom stereocenters. The van der Waals surface area contributed by atoms with Gasteiger partial charge in [-0.2, -0.15) is 0 Å². The van der Waals surface area contributed by atoms with Crippen LogP contribution < -0.4 is 0 Å². The molecule has 3 aliphatic carbocycles. The Kier molecular flexibility index (Phi) is 5.50. The minimum Gasteiger partial charge on any atom is -0.379 e. The summed E-state index contributed by atoms with van der Waals surface area (Å²) >= 11 is 0. The number of fused-ring (bicyclic) bond motifs is 4. The first kappa shape index (κ1) is 25.1. The first-order chi connectivity index (χ1) is 21.8. The first-order valence-corrected chi connectivity index (χ1v) is 16.5. The van der Waals surface area contributed by atoms with E-state index in [1.54, 1.807) is 5.56 Å². The summed E-state index contributed by atoms with van der Waals surface area (Å²) in [5.74, 6) is 0.592. The van der Waals surface area contributed by atoms with E-state index in [0.29, 0.717) is 5.92 Å². The number of rotatable bonds is 4. The van der Waals surface area contributed by atoms with E-state index in [9.17, 15) is 0 Å². The average Bonchev–Trinajstić information content (AvgIpc) is 3.43. The molecule has 1 saturated heterocycles. The highest BCUT2D eigenvalue weighted by Gasteiger charge is 2.32. The Bertz CT molecular complexity index is 2250. The molecular formula is C42H35NO. The van der Waals surface area contributed by atoms with Crippen LogP contribution in [0.4, 0.5) is 0 Å². The third-order valence-electron chi connectivity index (χ3n) is 11.0. The van der Waals surface area contributed by atoms with Crippen LogP contribution >= 0.6 is 0 Å². The van der Waals surface area contributed by atoms with Crippen LogP contribution in [0.1, 0.15) is 52.1 Å². The Labute approximate surface area is 258 Å². The molecule has 44 heavy (non-hydrogen) atoms. The zero-order chi connectivity index (χ0) is 28.8. The minimum atomic E-state index is 0.592. The highest BCUT2D eigenvalue weighted by atomic mass is 16.5. The first-order valence-electron chi connectivity index (χ1n) is 16.5. The highest BCUT2D eigenvalue weighted by Crippen LogP contribution is 2.53. The smallest absolute Gasteiger partial charge is 0.0594 e. The van der Waals surface area contributed by atoms with Crippen molar-refractivity contribution in [3.05, 3.63) is 124 Å². The molecule has 2 nitrogen and oxygen atoms in total. The molecular weight excluding hydrogens is 534 g/mol. The quantitative estimate of drug-likeness (QED) is 0.155. The van der Waals surface area contributed by atoms with E-state index >= 15 is 0 Å². The van der Waals surface area contributed by atoms with E-state index < -0.39 is 0 Å². The summed E-state index contributed by atoms with van der Waals surface area (Å²) in [4.78, 5) is 2.55. The molecule has 4 aliphatic rings.